The normalized spacial score (nSPS) is 15.7. The second kappa shape index (κ2) is 4.68. The van der Waals surface area contributed by atoms with Crippen molar-refractivity contribution in [3.63, 3.8) is 0 Å². The molecule has 0 radical (unpaired) electrons. The molecule has 14 heteroatoms. The highest BCUT2D eigenvalue weighted by atomic mass is 32.2. The lowest BCUT2D eigenvalue weighted by Gasteiger charge is -2.31. The van der Waals surface area contributed by atoms with E-state index in [2.05, 4.69) is 0 Å². The van der Waals surface area contributed by atoms with E-state index in [0.717, 1.165) is 0 Å². The second-order valence-electron chi connectivity index (χ2n) is 2.95. The van der Waals surface area contributed by atoms with Gasteiger partial charge in [0.2, 0.25) is 0 Å². The molecular weight excluding hydrogens is 322 g/mol. The van der Waals surface area contributed by atoms with Gasteiger partial charge in [0, 0.05) is 0 Å². The van der Waals surface area contributed by atoms with Gasteiger partial charge in [0.05, 0.1) is 0 Å². The predicted octanol–water partition coefficient (Wildman–Crippen LogP) is 1.48. The molecule has 0 unspecified atom stereocenters. The molecule has 0 aromatic heterocycles. The van der Waals surface area contributed by atoms with Gasteiger partial charge < -0.3 is 0 Å². The molecule has 0 fully saturated rings. The molecule has 0 rings (SSSR count). The van der Waals surface area contributed by atoms with Gasteiger partial charge in [0.1, 0.15) is 0 Å². The highest BCUT2D eigenvalue weighted by Crippen LogP contribution is 2.45. The summed E-state index contributed by atoms with van der Waals surface area (Å²) in [5.41, 5.74) is 0. The number of ether oxygens (including phenoxy) is 1. The zero-order valence-electron chi connectivity index (χ0n) is 8.60. The van der Waals surface area contributed by atoms with Gasteiger partial charge in [-0.3, -0.25) is 9.87 Å². The van der Waals surface area contributed by atoms with Crippen LogP contribution in [0.1, 0.15) is 0 Å². The molecule has 0 saturated heterocycles. The van der Waals surface area contributed by atoms with E-state index in [0.29, 0.717) is 5.32 Å². The van der Waals surface area contributed by atoms with Crippen molar-refractivity contribution in [1.82, 2.24) is 5.32 Å². The molecule has 19 heavy (non-hydrogen) atoms. The van der Waals surface area contributed by atoms with E-state index >= 15 is 0 Å². The van der Waals surface area contributed by atoms with Crippen molar-refractivity contribution in [1.29, 1.82) is 0 Å². The third kappa shape index (κ3) is 3.24. The Labute approximate surface area is 99.8 Å². The Balaban J connectivity index is 5.51. The predicted molar refractivity (Wildman–Crippen MR) is 41.5 cm³/mol. The fraction of sp³-hybridized carbons (Fsp3) is 1.00. The van der Waals surface area contributed by atoms with E-state index in [4.69, 9.17) is 4.55 Å². The van der Waals surface area contributed by atoms with E-state index in [1.807, 2.05) is 4.74 Å². The Morgan fingerprint density at radius 1 is 0.947 bits per heavy atom. The van der Waals surface area contributed by atoms with Gasteiger partial charge in [0.15, 0.2) is 0 Å². The van der Waals surface area contributed by atoms with Gasteiger partial charge in [-0.05, 0) is 7.05 Å². The lowest BCUT2D eigenvalue weighted by atomic mass is 10.5. The Morgan fingerprint density at radius 3 is 1.58 bits per heavy atom. The van der Waals surface area contributed by atoms with Crippen molar-refractivity contribution < 1.29 is 52.8 Å². The molecule has 0 aliphatic carbocycles. The smallest absolute Gasteiger partial charge is 0.281 e. The molecular formula is C5H5F8NO4S. The minimum atomic E-state index is -6.89. The third-order valence-electron chi connectivity index (χ3n) is 1.60. The Morgan fingerprint density at radius 2 is 1.32 bits per heavy atom. The third-order valence-corrected chi connectivity index (χ3v) is 2.48. The van der Waals surface area contributed by atoms with Crippen LogP contribution in [0.5, 0.6) is 0 Å². The number of hydrogen-bond donors (Lipinski definition) is 2. The van der Waals surface area contributed by atoms with Gasteiger partial charge in [0.25, 0.3) is 0 Å². The van der Waals surface area contributed by atoms with Crippen LogP contribution in [0.15, 0.2) is 0 Å². The maximum Gasteiger partial charge on any atom is 0.460 e. The fourth-order valence-corrected chi connectivity index (χ4v) is 0.922. The fourth-order valence-electron chi connectivity index (χ4n) is 0.580. The van der Waals surface area contributed by atoms with E-state index in [9.17, 15) is 43.5 Å². The first-order chi connectivity index (χ1) is 8.02. The minimum Gasteiger partial charge on any atom is -0.281 e. The van der Waals surface area contributed by atoms with Crippen LogP contribution in [-0.4, -0.2) is 43.5 Å². The standard InChI is InChI=1S/C5H5F8NO4S/c1-14-2(6,7)3(8,9)18-4(10,11)5(12,13)19(15,16)17/h14H,1H3,(H,15,16,17). The largest absolute Gasteiger partial charge is 0.460 e. The van der Waals surface area contributed by atoms with Crippen molar-refractivity contribution >= 4 is 10.1 Å². The van der Waals surface area contributed by atoms with E-state index in [-0.39, 0.29) is 7.05 Å². The molecule has 0 spiro atoms. The Kier molecular flexibility index (Phi) is 4.50. The van der Waals surface area contributed by atoms with Gasteiger partial charge in [-0.1, -0.05) is 0 Å². The molecule has 0 aliphatic rings. The molecule has 0 heterocycles. The van der Waals surface area contributed by atoms with Crippen molar-refractivity contribution in [2.45, 2.75) is 23.5 Å². The number of hydrogen-bond acceptors (Lipinski definition) is 4. The Bertz CT molecular complexity index is 434. The summed E-state index contributed by atoms with van der Waals surface area (Å²) >= 11 is 0. The first kappa shape index (κ1) is 18.3. The zero-order valence-corrected chi connectivity index (χ0v) is 9.42. The van der Waals surface area contributed by atoms with Crippen molar-refractivity contribution in [3.8, 4) is 0 Å². The monoisotopic (exact) mass is 327 g/mol. The molecule has 0 aliphatic heterocycles. The van der Waals surface area contributed by atoms with Crippen LogP contribution < -0.4 is 5.32 Å². The van der Waals surface area contributed by atoms with E-state index in [1.54, 1.807) is 0 Å². The highest BCUT2D eigenvalue weighted by molar-refractivity contribution is 7.86. The van der Waals surface area contributed by atoms with Crippen LogP contribution in [-0.2, 0) is 14.9 Å². The van der Waals surface area contributed by atoms with Crippen LogP contribution in [0.4, 0.5) is 35.1 Å². The molecule has 0 bridgehead atoms. The summed E-state index contributed by atoms with van der Waals surface area (Å²) in [6.45, 7) is 0. The topological polar surface area (TPSA) is 75.6 Å². The summed E-state index contributed by atoms with van der Waals surface area (Å²) in [6, 6.07) is -5.51. The second-order valence-corrected chi connectivity index (χ2v) is 4.41. The first-order valence-corrected chi connectivity index (χ1v) is 5.33. The molecule has 0 aromatic rings. The van der Waals surface area contributed by atoms with Crippen molar-refractivity contribution in [2.24, 2.45) is 0 Å². The van der Waals surface area contributed by atoms with Crippen LogP contribution in [0.2, 0.25) is 0 Å². The minimum absolute atomic E-state index is 0.163. The lowest BCUT2D eigenvalue weighted by Crippen LogP contribution is -2.59. The van der Waals surface area contributed by atoms with Gasteiger partial charge in [-0.2, -0.15) is 43.5 Å². The highest BCUT2D eigenvalue weighted by Gasteiger charge is 2.73. The molecule has 0 atom stereocenters. The zero-order chi connectivity index (χ0) is 15.9. The number of nitrogens with one attached hydrogen (secondary N) is 1. The average Bonchev–Trinajstić information content (AvgIpc) is 2.13. The van der Waals surface area contributed by atoms with E-state index in [1.165, 1.54) is 0 Å². The van der Waals surface area contributed by atoms with Crippen LogP contribution >= 0.6 is 0 Å². The van der Waals surface area contributed by atoms with Crippen molar-refractivity contribution in [3.05, 3.63) is 0 Å². The summed E-state index contributed by atoms with van der Waals surface area (Å²) in [5.74, 6) is 0. The van der Waals surface area contributed by atoms with Gasteiger partial charge in [-0.15, -0.1) is 0 Å². The van der Waals surface area contributed by atoms with Crippen LogP contribution in [0.3, 0.4) is 0 Å². The average molecular weight is 327 g/mol. The molecule has 116 valence electrons. The maximum absolute atomic E-state index is 12.5. The summed E-state index contributed by atoms with van der Waals surface area (Å²) in [5, 5.41) is -6.07. The molecule has 2 N–H and O–H groups in total. The van der Waals surface area contributed by atoms with Crippen LogP contribution in [0, 0.1) is 0 Å². The molecule has 0 saturated carbocycles. The molecule has 0 aromatic carbocycles. The quantitative estimate of drug-likeness (QED) is 0.439. The van der Waals surface area contributed by atoms with E-state index < -0.39 is 33.6 Å². The number of rotatable bonds is 6. The number of alkyl halides is 8. The SMILES string of the molecule is CNC(F)(F)C(F)(F)OC(F)(F)C(F)(F)S(=O)(=O)O. The Hall–Kier alpha value is -0.730. The maximum atomic E-state index is 12.5. The van der Waals surface area contributed by atoms with Crippen LogP contribution in [0.25, 0.3) is 0 Å². The molecule has 5 nitrogen and oxygen atoms in total. The number of likely N-dealkylation sites (N-methyl/N-ethyl adjacent to an activating group) is 1. The van der Waals surface area contributed by atoms with Gasteiger partial charge in [-0.25, -0.2) is 4.74 Å². The van der Waals surface area contributed by atoms with Gasteiger partial charge >= 0.3 is 33.6 Å². The lowest BCUT2D eigenvalue weighted by molar-refractivity contribution is -0.459. The number of halogens is 8. The summed E-state index contributed by atoms with van der Waals surface area (Å²) in [6.07, 6.45) is -12.8. The summed E-state index contributed by atoms with van der Waals surface area (Å²) < 4.78 is 129. The summed E-state index contributed by atoms with van der Waals surface area (Å²) in [7, 11) is -6.73. The first-order valence-electron chi connectivity index (χ1n) is 3.89. The molecule has 0 amide bonds. The van der Waals surface area contributed by atoms with Crippen molar-refractivity contribution in [2.75, 3.05) is 7.05 Å². The summed E-state index contributed by atoms with van der Waals surface area (Å²) in [4.78, 5) is 0.